The van der Waals surface area contributed by atoms with E-state index in [1.54, 1.807) is 26.8 Å². The lowest BCUT2D eigenvalue weighted by Crippen LogP contribution is -2.42. The third-order valence-corrected chi connectivity index (χ3v) is 4.89. The number of carbonyl (C=O) groups excluding carboxylic acids is 2. The molecule has 1 aromatic carbocycles. The van der Waals surface area contributed by atoms with E-state index in [0.29, 0.717) is 11.4 Å². The highest BCUT2D eigenvalue weighted by molar-refractivity contribution is 5.91. The van der Waals surface area contributed by atoms with Crippen LogP contribution in [0.1, 0.15) is 26.5 Å². The van der Waals surface area contributed by atoms with Gasteiger partial charge in [-0.25, -0.2) is 19.0 Å². The van der Waals surface area contributed by atoms with Gasteiger partial charge in [-0.15, -0.1) is 0 Å². The maximum atomic E-state index is 14.8. The maximum Gasteiger partial charge on any atom is 0.416 e. The number of carbonyl (C=O) groups is 2. The number of aliphatic hydroxyl groups is 1. The minimum absolute atomic E-state index is 0.0385. The molecule has 3 heterocycles. The van der Waals surface area contributed by atoms with Crippen LogP contribution in [0, 0.1) is 5.82 Å². The number of anilines is 2. The van der Waals surface area contributed by atoms with E-state index in [2.05, 4.69) is 10.1 Å². The van der Waals surface area contributed by atoms with Gasteiger partial charge in [0.1, 0.15) is 23.8 Å². The van der Waals surface area contributed by atoms with E-state index in [0.717, 1.165) is 0 Å². The third-order valence-electron chi connectivity index (χ3n) is 4.89. The van der Waals surface area contributed by atoms with Gasteiger partial charge in [-0.3, -0.25) is 9.80 Å². The number of aliphatic hydroxyl groups excluding tert-OH is 1. The molecule has 2 amide bonds. The third kappa shape index (κ3) is 5.01. The van der Waals surface area contributed by atoms with Crippen LogP contribution < -0.4 is 9.80 Å². The van der Waals surface area contributed by atoms with Crippen LogP contribution in [0.3, 0.4) is 0 Å². The van der Waals surface area contributed by atoms with Crippen molar-refractivity contribution < 1.29 is 33.1 Å². The number of aromatic nitrogens is 3. The molecule has 11 nitrogen and oxygen atoms in total. The van der Waals surface area contributed by atoms with E-state index >= 15 is 0 Å². The quantitative estimate of drug-likeness (QED) is 0.579. The summed E-state index contributed by atoms with van der Waals surface area (Å²) in [5.74, 6) is -0.379. The Morgan fingerprint density at radius 1 is 1.35 bits per heavy atom. The molecule has 1 saturated heterocycles. The fourth-order valence-electron chi connectivity index (χ4n) is 3.41. The van der Waals surface area contributed by atoms with Gasteiger partial charge in [0.25, 0.3) is 0 Å². The van der Waals surface area contributed by atoms with Crippen LogP contribution in [0.25, 0.3) is 5.69 Å². The number of hydrogen-bond acceptors (Lipinski definition) is 8. The molecule has 12 heteroatoms. The molecular formula is C22H24FN5O6. The predicted octanol–water partition coefficient (Wildman–Crippen LogP) is 3.26. The Morgan fingerprint density at radius 3 is 2.76 bits per heavy atom. The number of amides is 2. The zero-order valence-electron chi connectivity index (χ0n) is 18.8. The van der Waals surface area contributed by atoms with Gasteiger partial charge in [0.2, 0.25) is 0 Å². The van der Waals surface area contributed by atoms with E-state index in [4.69, 9.17) is 19.1 Å². The second-order valence-electron chi connectivity index (χ2n) is 8.63. The topological polar surface area (TPSA) is 123 Å². The van der Waals surface area contributed by atoms with Gasteiger partial charge < -0.3 is 23.7 Å². The molecule has 0 aliphatic carbocycles. The van der Waals surface area contributed by atoms with Crippen molar-refractivity contribution in [1.29, 1.82) is 0 Å². The standard InChI is InChI=1S/C22H24FN5O6/c1-22(2,3)34-21(31)28(19-6-7-32-25-19)11-16-10-27(20(30)33-16)15-4-5-18(17(23)8-15)26-9-14(12-29)24-13-26/h4-9,13,16,29H,10-12H2,1-3H3/t16-/m1/s1. The van der Waals surface area contributed by atoms with Gasteiger partial charge in [0, 0.05) is 12.3 Å². The normalized spacial score (nSPS) is 16.0. The number of rotatable bonds is 6. The first-order valence-electron chi connectivity index (χ1n) is 10.5. The summed E-state index contributed by atoms with van der Waals surface area (Å²) in [6.45, 7) is 4.97. The largest absolute Gasteiger partial charge is 0.443 e. The second-order valence-corrected chi connectivity index (χ2v) is 8.63. The molecule has 1 atom stereocenters. The smallest absolute Gasteiger partial charge is 0.416 e. The Morgan fingerprint density at radius 2 is 2.15 bits per heavy atom. The highest BCUT2D eigenvalue weighted by atomic mass is 19.1. The molecule has 1 aliphatic rings. The fraction of sp³-hybridized carbons (Fsp3) is 0.364. The van der Waals surface area contributed by atoms with Crippen molar-refractivity contribution in [2.45, 2.75) is 39.1 Å². The Balaban J connectivity index is 1.49. The Labute approximate surface area is 194 Å². The summed E-state index contributed by atoms with van der Waals surface area (Å²) in [6.07, 6.45) is 2.14. The first-order chi connectivity index (χ1) is 16.1. The van der Waals surface area contributed by atoms with E-state index in [-0.39, 0.29) is 31.2 Å². The molecule has 0 spiro atoms. The first kappa shape index (κ1) is 23.2. The molecule has 0 radical (unpaired) electrons. The van der Waals surface area contributed by atoms with Gasteiger partial charge in [-0.05, 0) is 39.0 Å². The highest BCUT2D eigenvalue weighted by Gasteiger charge is 2.37. The van der Waals surface area contributed by atoms with Crippen LogP contribution in [0.4, 0.5) is 25.5 Å². The number of halogens is 1. The lowest BCUT2D eigenvalue weighted by atomic mass is 10.2. The van der Waals surface area contributed by atoms with E-state index in [9.17, 15) is 14.0 Å². The summed E-state index contributed by atoms with van der Waals surface area (Å²) in [6, 6.07) is 5.77. The molecule has 4 rings (SSSR count). The summed E-state index contributed by atoms with van der Waals surface area (Å²) in [7, 11) is 0. The van der Waals surface area contributed by atoms with Crippen molar-refractivity contribution in [1.82, 2.24) is 14.7 Å². The summed E-state index contributed by atoms with van der Waals surface area (Å²) in [4.78, 5) is 31.7. The van der Waals surface area contributed by atoms with Gasteiger partial charge >= 0.3 is 12.2 Å². The molecule has 3 aromatic rings. The molecule has 180 valence electrons. The molecule has 0 bridgehead atoms. The second kappa shape index (κ2) is 9.14. The molecule has 1 aliphatic heterocycles. The Kier molecular flexibility index (Phi) is 6.24. The average molecular weight is 473 g/mol. The molecule has 0 unspecified atom stereocenters. The number of nitrogens with zero attached hydrogens (tertiary/aromatic N) is 5. The Bertz CT molecular complexity index is 1170. The molecule has 1 N–H and O–H groups in total. The number of benzene rings is 1. The van der Waals surface area contributed by atoms with Crippen molar-refractivity contribution in [2.24, 2.45) is 0 Å². The van der Waals surface area contributed by atoms with Crippen molar-refractivity contribution in [2.75, 3.05) is 22.9 Å². The number of ether oxygens (including phenoxy) is 2. The van der Waals surface area contributed by atoms with Crippen LogP contribution in [0.2, 0.25) is 0 Å². The number of imidazole rings is 1. The maximum absolute atomic E-state index is 14.8. The van der Waals surface area contributed by atoms with Gasteiger partial charge in [-0.1, -0.05) is 5.16 Å². The predicted molar refractivity (Wildman–Crippen MR) is 117 cm³/mol. The van der Waals surface area contributed by atoms with Crippen molar-refractivity contribution in [3.05, 3.63) is 54.6 Å². The van der Waals surface area contributed by atoms with E-state index in [1.165, 1.54) is 51.4 Å². The van der Waals surface area contributed by atoms with Crippen LogP contribution in [0.5, 0.6) is 0 Å². The van der Waals surface area contributed by atoms with Crippen molar-refractivity contribution in [3.8, 4) is 5.69 Å². The average Bonchev–Trinajstić information content (AvgIpc) is 3.51. The van der Waals surface area contributed by atoms with Crippen molar-refractivity contribution >= 4 is 23.7 Å². The van der Waals surface area contributed by atoms with E-state index < -0.39 is 29.7 Å². The fourth-order valence-corrected chi connectivity index (χ4v) is 3.41. The minimum Gasteiger partial charge on any atom is -0.443 e. The lowest BCUT2D eigenvalue weighted by molar-refractivity contribution is 0.0556. The van der Waals surface area contributed by atoms with Gasteiger partial charge in [0.15, 0.2) is 5.82 Å². The minimum atomic E-state index is -0.746. The highest BCUT2D eigenvalue weighted by Crippen LogP contribution is 2.27. The molecule has 2 aromatic heterocycles. The monoisotopic (exact) mass is 473 g/mol. The molecule has 34 heavy (non-hydrogen) atoms. The first-order valence-corrected chi connectivity index (χ1v) is 10.5. The van der Waals surface area contributed by atoms with Crippen molar-refractivity contribution in [3.63, 3.8) is 0 Å². The Hall–Kier alpha value is -3.93. The van der Waals surface area contributed by atoms with E-state index in [1.807, 2.05) is 0 Å². The molecule has 0 saturated carbocycles. The SMILES string of the molecule is CC(C)(C)OC(=O)N(C[C@H]1CN(c2ccc(-n3cnc(CO)c3)c(F)c2)C(=O)O1)c1ccon1. The summed E-state index contributed by atoms with van der Waals surface area (Å²) >= 11 is 0. The summed E-state index contributed by atoms with van der Waals surface area (Å²) in [5.41, 5.74) is 0.156. The molecular weight excluding hydrogens is 449 g/mol. The van der Waals surface area contributed by atoms with Crippen LogP contribution in [-0.2, 0) is 16.1 Å². The van der Waals surface area contributed by atoms with Crippen LogP contribution in [-0.4, -0.2) is 56.8 Å². The lowest BCUT2D eigenvalue weighted by Gasteiger charge is -2.26. The molecule has 1 fully saturated rings. The van der Waals surface area contributed by atoms with Gasteiger partial charge in [0.05, 0.1) is 43.1 Å². The number of hydrogen-bond donors (Lipinski definition) is 1. The number of cyclic esters (lactones) is 1. The van der Waals surface area contributed by atoms with Crippen LogP contribution in [0.15, 0.2) is 47.6 Å². The summed E-state index contributed by atoms with van der Waals surface area (Å²) in [5, 5.41) is 12.9. The zero-order chi connectivity index (χ0) is 24.5. The van der Waals surface area contributed by atoms with Gasteiger partial charge in [-0.2, -0.15) is 0 Å². The zero-order valence-corrected chi connectivity index (χ0v) is 18.8. The summed E-state index contributed by atoms with van der Waals surface area (Å²) < 4.78 is 31.9. The van der Waals surface area contributed by atoms with Crippen LogP contribution >= 0.6 is 0 Å².